The number of halogens is 1. The molecule has 1 N–H and O–H groups in total. The number of hydrogen-bond donors (Lipinski definition) is 1. The lowest BCUT2D eigenvalue weighted by molar-refractivity contribution is 0.459. The van der Waals surface area contributed by atoms with Gasteiger partial charge in [0.25, 0.3) is 0 Å². The molecule has 2 aromatic carbocycles. The Labute approximate surface area is 134 Å². The Morgan fingerprint density at radius 2 is 2.05 bits per heavy atom. The molecule has 2 aromatic rings. The Balaban J connectivity index is 1.98. The molecule has 0 amide bonds. The lowest BCUT2D eigenvalue weighted by atomic mass is 9.95. The van der Waals surface area contributed by atoms with E-state index in [0.717, 1.165) is 35.0 Å². The van der Waals surface area contributed by atoms with Crippen molar-refractivity contribution in [1.82, 2.24) is 0 Å². The van der Waals surface area contributed by atoms with E-state index in [4.69, 9.17) is 0 Å². The van der Waals surface area contributed by atoms with E-state index >= 15 is 0 Å². The molecule has 0 saturated carbocycles. The van der Waals surface area contributed by atoms with Crippen molar-refractivity contribution < 1.29 is 5.11 Å². The molecule has 110 valence electrons. The fourth-order valence-electron chi connectivity index (χ4n) is 3.11. The number of aryl methyl sites for hydroxylation is 2. The van der Waals surface area contributed by atoms with Crippen LogP contribution in [0.5, 0.6) is 5.75 Å². The van der Waals surface area contributed by atoms with Gasteiger partial charge in [-0.25, -0.2) is 0 Å². The van der Waals surface area contributed by atoms with Crippen LogP contribution in [0.15, 0.2) is 40.9 Å². The predicted molar refractivity (Wildman–Crippen MR) is 91.0 cm³/mol. The largest absolute Gasteiger partial charge is 0.507 e. The zero-order valence-electron chi connectivity index (χ0n) is 12.4. The lowest BCUT2D eigenvalue weighted by Crippen LogP contribution is -2.36. The van der Waals surface area contributed by atoms with Gasteiger partial charge in [-0.2, -0.15) is 0 Å². The number of phenolic OH excluding ortho intramolecular Hbond substituents is 1. The van der Waals surface area contributed by atoms with Gasteiger partial charge in [-0.3, -0.25) is 0 Å². The first-order valence-electron chi connectivity index (χ1n) is 7.39. The number of nitrogens with zero attached hydrogens (tertiary/aromatic N) is 1. The van der Waals surface area contributed by atoms with Gasteiger partial charge in [0.2, 0.25) is 0 Å². The van der Waals surface area contributed by atoms with Gasteiger partial charge < -0.3 is 10.0 Å². The van der Waals surface area contributed by atoms with E-state index in [0.29, 0.717) is 11.8 Å². The highest BCUT2D eigenvalue weighted by atomic mass is 79.9. The first-order chi connectivity index (χ1) is 10.1. The monoisotopic (exact) mass is 345 g/mol. The van der Waals surface area contributed by atoms with Crippen molar-refractivity contribution in [3.8, 4) is 5.75 Å². The van der Waals surface area contributed by atoms with Crippen molar-refractivity contribution in [1.29, 1.82) is 0 Å². The predicted octanol–water partition coefficient (Wildman–Crippen LogP) is 4.80. The third-order valence-electron chi connectivity index (χ3n) is 4.35. The second kappa shape index (κ2) is 5.72. The first-order valence-corrected chi connectivity index (χ1v) is 8.18. The number of fused-ring (bicyclic) bond motifs is 1. The van der Waals surface area contributed by atoms with Crippen molar-refractivity contribution in [3.63, 3.8) is 0 Å². The smallest absolute Gasteiger partial charge is 0.123 e. The van der Waals surface area contributed by atoms with Crippen LogP contribution < -0.4 is 4.90 Å². The van der Waals surface area contributed by atoms with Gasteiger partial charge in [0.15, 0.2) is 0 Å². The standard InChI is InChI=1S/C18H20BrNO/c1-12-9-16(19)10-15(18(12)21)11-20-13(2)7-8-14-5-3-4-6-17(14)20/h3-6,9-10,13,21H,7-8,11H2,1-2H3. The van der Waals surface area contributed by atoms with Crippen LogP contribution in [0.25, 0.3) is 0 Å². The van der Waals surface area contributed by atoms with Crippen molar-refractivity contribution in [2.45, 2.75) is 39.3 Å². The number of phenols is 1. The van der Waals surface area contributed by atoms with Gasteiger partial charge in [0, 0.05) is 28.3 Å². The molecule has 0 spiro atoms. The Kier molecular flexibility index (Phi) is 3.94. The van der Waals surface area contributed by atoms with E-state index in [2.05, 4.69) is 52.0 Å². The molecule has 1 atom stereocenters. The van der Waals surface area contributed by atoms with Crippen LogP contribution in [0.2, 0.25) is 0 Å². The molecule has 0 radical (unpaired) electrons. The number of hydrogen-bond acceptors (Lipinski definition) is 2. The Bertz CT molecular complexity index is 668. The highest BCUT2D eigenvalue weighted by molar-refractivity contribution is 9.10. The normalized spacial score (nSPS) is 17.7. The Morgan fingerprint density at radius 3 is 2.86 bits per heavy atom. The highest BCUT2D eigenvalue weighted by Gasteiger charge is 2.23. The fraction of sp³-hybridized carbons (Fsp3) is 0.333. The molecule has 0 saturated heterocycles. The molecule has 0 bridgehead atoms. The molecular weight excluding hydrogens is 326 g/mol. The van der Waals surface area contributed by atoms with Gasteiger partial charge in [-0.1, -0.05) is 34.1 Å². The second-order valence-electron chi connectivity index (χ2n) is 5.87. The van der Waals surface area contributed by atoms with E-state index in [1.54, 1.807) is 0 Å². The third kappa shape index (κ3) is 2.80. The number of rotatable bonds is 2. The SMILES string of the molecule is Cc1cc(Br)cc(CN2c3ccccc3CCC2C)c1O. The molecule has 21 heavy (non-hydrogen) atoms. The van der Waals surface area contributed by atoms with Crippen LogP contribution in [-0.4, -0.2) is 11.1 Å². The number of para-hydroxylation sites is 1. The number of aromatic hydroxyl groups is 1. The fourth-order valence-corrected chi connectivity index (χ4v) is 3.73. The lowest BCUT2D eigenvalue weighted by Gasteiger charge is -2.37. The van der Waals surface area contributed by atoms with Gasteiger partial charge in [0.05, 0.1) is 0 Å². The van der Waals surface area contributed by atoms with Crippen LogP contribution in [0.3, 0.4) is 0 Å². The first kappa shape index (κ1) is 14.5. The number of anilines is 1. The summed E-state index contributed by atoms with van der Waals surface area (Å²) in [5, 5.41) is 10.3. The van der Waals surface area contributed by atoms with Gasteiger partial charge >= 0.3 is 0 Å². The minimum absolute atomic E-state index is 0.411. The zero-order valence-corrected chi connectivity index (χ0v) is 14.0. The summed E-state index contributed by atoms with van der Waals surface area (Å²) in [7, 11) is 0. The highest BCUT2D eigenvalue weighted by Crippen LogP contribution is 2.34. The molecule has 3 heteroatoms. The average molecular weight is 346 g/mol. The summed E-state index contributed by atoms with van der Waals surface area (Å²) in [6.45, 7) is 4.94. The van der Waals surface area contributed by atoms with Crippen molar-refractivity contribution in [2.75, 3.05) is 4.90 Å². The quantitative estimate of drug-likeness (QED) is 0.844. The van der Waals surface area contributed by atoms with Crippen LogP contribution >= 0.6 is 15.9 Å². The maximum absolute atomic E-state index is 10.3. The van der Waals surface area contributed by atoms with E-state index in [9.17, 15) is 5.11 Å². The summed E-state index contributed by atoms with van der Waals surface area (Å²) in [4.78, 5) is 2.40. The summed E-state index contributed by atoms with van der Waals surface area (Å²) in [5.41, 5.74) is 4.60. The van der Waals surface area contributed by atoms with Crippen molar-refractivity contribution in [2.24, 2.45) is 0 Å². The second-order valence-corrected chi connectivity index (χ2v) is 6.79. The maximum atomic E-state index is 10.3. The van der Waals surface area contributed by atoms with Gasteiger partial charge in [0.1, 0.15) is 5.75 Å². The Hall–Kier alpha value is -1.48. The summed E-state index contributed by atoms with van der Waals surface area (Å²) in [6.07, 6.45) is 2.29. The van der Waals surface area contributed by atoms with Crippen LogP contribution in [0.4, 0.5) is 5.69 Å². The summed E-state index contributed by atoms with van der Waals surface area (Å²) < 4.78 is 1.02. The molecule has 1 aliphatic rings. The Morgan fingerprint density at radius 1 is 1.29 bits per heavy atom. The van der Waals surface area contributed by atoms with Crippen LogP contribution in [0.1, 0.15) is 30.0 Å². The van der Waals surface area contributed by atoms with E-state index < -0.39 is 0 Å². The number of benzene rings is 2. The molecule has 0 aliphatic carbocycles. The summed E-state index contributed by atoms with van der Waals surface area (Å²) in [6, 6.07) is 13.0. The van der Waals surface area contributed by atoms with E-state index in [1.807, 2.05) is 19.1 Å². The average Bonchev–Trinajstić information content (AvgIpc) is 2.47. The molecule has 1 aliphatic heterocycles. The van der Waals surface area contributed by atoms with E-state index in [1.165, 1.54) is 11.3 Å². The molecule has 0 fully saturated rings. The van der Waals surface area contributed by atoms with Gasteiger partial charge in [-0.15, -0.1) is 0 Å². The van der Waals surface area contributed by atoms with Gasteiger partial charge in [-0.05, 0) is 56.0 Å². The van der Waals surface area contributed by atoms with Crippen LogP contribution in [0, 0.1) is 6.92 Å². The van der Waals surface area contributed by atoms with Crippen molar-refractivity contribution >= 4 is 21.6 Å². The summed E-state index contributed by atoms with van der Waals surface area (Å²) >= 11 is 3.53. The molecule has 1 heterocycles. The zero-order chi connectivity index (χ0) is 15.0. The minimum Gasteiger partial charge on any atom is -0.507 e. The molecular formula is C18H20BrNO. The summed E-state index contributed by atoms with van der Waals surface area (Å²) in [5.74, 6) is 0.411. The third-order valence-corrected chi connectivity index (χ3v) is 4.81. The molecule has 1 unspecified atom stereocenters. The molecule has 3 rings (SSSR count). The minimum atomic E-state index is 0.411. The molecule has 2 nitrogen and oxygen atoms in total. The van der Waals surface area contributed by atoms with Crippen molar-refractivity contribution in [3.05, 3.63) is 57.6 Å². The maximum Gasteiger partial charge on any atom is 0.123 e. The molecule has 0 aromatic heterocycles. The topological polar surface area (TPSA) is 23.5 Å². The van der Waals surface area contributed by atoms with Crippen LogP contribution in [-0.2, 0) is 13.0 Å². The van der Waals surface area contributed by atoms with E-state index in [-0.39, 0.29) is 0 Å².